The predicted molar refractivity (Wildman–Crippen MR) is 130 cm³/mol. The topological polar surface area (TPSA) is 115 Å². The van der Waals surface area contributed by atoms with Crippen molar-refractivity contribution in [1.82, 2.24) is 10.2 Å². The molecule has 31 heavy (non-hydrogen) atoms. The summed E-state index contributed by atoms with van der Waals surface area (Å²) < 4.78 is 0. The van der Waals surface area contributed by atoms with Gasteiger partial charge in [0.1, 0.15) is 10.8 Å². The average Bonchev–Trinajstić information content (AvgIpc) is 3.14. The van der Waals surface area contributed by atoms with Crippen molar-refractivity contribution < 1.29 is 9.90 Å². The van der Waals surface area contributed by atoms with Crippen molar-refractivity contribution in [3.05, 3.63) is 76.8 Å². The van der Waals surface area contributed by atoms with Gasteiger partial charge in [-0.2, -0.15) is 0 Å². The number of rotatable bonds is 2. The van der Waals surface area contributed by atoms with Gasteiger partial charge in [0.2, 0.25) is 5.13 Å². The third-order valence-electron chi connectivity index (χ3n) is 4.45. The molecule has 0 aliphatic heterocycles. The van der Waals surface area contributed by atoms with Crippen LogP contribution in [0.3, 0.4) is 0 Å². The Bertz CT molecular complexity index is 1120. The van der Waals surface area contributed by atoms with Crippen molar-refractivity contribution >= 4 is 38.7 Å². The fourth-order valence-corrected chi connectivity index (χ4v) is 3.25. The third-order valence-corrected chi connectivity index (χ3v) is 5.12. The number of aromatic nitrogens is 2. The van der Waals surface area contributed by atoms with Gasteiger partial charge in [-0.15, -0.1) is 10.2 Å². The molecule has 0 saturated carbocycles. The summed E-state index contributed by atoms with van der Waals surface area (Å²) in [5, 5.41) is 20.0. The smallest absolute Gasteiger partial charge is 0.203 e. The van der Waals surface area contributed by atoms with E-state index < -0.39 is 0 Å². The molecule has 4 aromatic rings. The molecule has 7 heteroatoms. The molecule has 0 atom stereocenters. The van der Waals surface area contributed by atoms with Crippen LogP contribution >= 0.6 is 11.3 Å². The molecular formula is C24H28N4O2S. The van der Waals surface area contributed by atoms with Gasteiger partial charge in [-0.1, -0.05) is 79.8 Å². The van der Waals surface area contributed by atoms with E-state index >= 15 is 0 Å². The van der Waals surface area contributed by atoms with Crippen molar-refractivity contribution in [3.63, 3.8) is 0 Å². The number of hydrogen-bond acceptors (Lipinski definition) is 7. The molecule has 0 spiro atoms. The monoisotopic (exact) mass is 436 g/mol. The molecule has 0 amide bonds. The van der Waals surface area contributed by atoms with Crippen molar-refractivity contribution in [2.24, 2.45) is 0 Å². The number of fused-ring (bicyclic) bond motifs is 1. The standard InChI is InChI=1S/C12H11NO2.C9H12.C3H5N3S/c1-7(14)10-6-8-4-2-3-5-9(8)11(13)12(10)15;1-8(2)9-6-4-3-5-7-9;1-2-5-6-3(4)7-2/h2-6,15H,13H2,1H3;3-8H,1-2H3;1H3,(H2,4,6). The van der Waals surface area contributed by atoms with Crippen LogP contribution in [0, 0.1) is 6.92 Å². The maximum absolute atomic E-state index is 11.2. The van der Waals surface area contributed by atoms with Crippen LogP contribution in [0.4, 0.5) is 10.8 Å². The molecule has 162 valence electrons. The van der Waals surface area contributed by atoms with E-state index in [1.807, 2.05) is 37.3 Å². The van der Waals surface area contributed by atoms with Gasteiger partial charge in [-0.25, -0.2) is 0 Å². The summed E-state index contributed by atoms with van der Waals surface area (Å²) in [7, 11) is 0. The number of carbonyl (C=O) groups excluding carboxylic acids is 1. The number of Topliss-reactive ketones (excluding diaryl/α,β-unsaturated/α-hetero) is 1. The second-order valence-electron chi connectivity index (χ2n) is 7.19. The summed E-state index contributed by atoms with van der Waals surface area (Å²) in [6.45, 7) is 7.68. The number of ketones is 1. The van der Waals surface area contributed by atoms with Crippen LogP contribution in [0.2, 0.25) is 0 Å². The Morgan fingerprint density at radius 1 is 1.00 bits per heavy atom. The van der Waals surface area contributed by atoms with Crippen LogP contribution < -0.4 is 11.5 Å². The fraction of sp³-hybridized carbons (Fsp3) is 0.208. The summed E-state index contributed by atoms with van der Waals surface area (Å²) in [6.07, 6.45) is 0. The van der Waals surface area contributed by atoms with Crippen LogP contribution in [0.5, 0.6) is 5.75 Å². The Hall–Kier alpha value is -3.45. The second-order valence-corrected chi connectivity index (χ2v) is 8.40. The molecular weight excluding hydrogens is 408 g/mol. The Kier molecular flexibility index (Phi) is 8.52. The molecule has 0 fully saturated rings. The summed E-state index contributed by atoms with van der Waals surface area (Å²) >= 11 is 1.40. The molecule has 5 N–H and O–H groups in total. The quantitative estimate of drug-likeness (QED) is 0.215. The minimum Gasteiger partial charge on any atom is -0.505 e. The van der Waals surface area contributed by atoms with Gasteiger partial charge < -0.3 is 16.6 Å². The predicted octanol–water partition coefficient (Wildman–Crippen LogP) is 5.57. The lowest BCUT2D eigenvalue weighted by atomic mass is 10.0. The fourth-order valence-electron chi connectivity index (χ4n) is 2.78. The maximum Gasteiger partial charge on any atom is 0.203 e. The van der Waals surface area contributed by atoms with Crippen LogP contribution in [0.15, 0.2) is 60.7 Å². The van der Waals surface area contributed by atoms with Gasteiger partial charge in [0.25, 0.3) is 0 Å². The van der Waals surface area contributed by atoms with E-state index in [2.05, 4.69) is 48.3 Å². The number of aromatic hydroxyl groups is 1. The molecule has 3 aromatic carbocycles. The largest absolute Gasteiger partial charge is 0.505 e. The van der Waals surface area contributed by atoms with Crippen LogP contribution in [0.25, 0.3) is 10.8 Å². The van der Waals surface area contributed by atoms with Crippen molar-refractivity contribution in [2.45, 2.75) is 33.6 Å². The van der Waals surface area contributed by atoms with Crippen molar-refractivity contribution in [3.8, 4) is 5.75 Å². The normalized spacial score (nSPS) is 10.1. The first-order chi connectivity index (χ1) is 14.7. The lowest BCUT2D eigenvalue weighted by Gasteiger charge is -2.08. The van der Waals surface area contributed by atoms with Crippen molar-refractivity contribution in [2.75, 3.05) is 11.5 Å². The molecule has 0 bridgehead atoms. The van der Waals surface area contributed by atoms with Gasteiger partial charge >= 0.3 is 0 Å². The van der Waals surface area contributed by atoms with E-state index in [1.54, 1.807) is 6.07 Å². The highest BCUT2D eigenvalue weighted by Crippen LogP contribution is 2.33. The summed E-state index contributed by atoms with van der Waals surface area (Å²) in [5.74, 6) is 0.345. The van der Waals surface area contributed by atoms with Crippen molar-refractivity contribution in [1.29, 1.82) is 0 Å². The minimum atomic E-state index is -0.190. The maximum atomic E-state index is 11.2. The number of anilines is 2. The van der Waals surface area contributed by atoms with E-state index in [4.69, 9.17) is 11.5 Å². The first-order valence-corrected chi connectivity index (χ1v) is 10.6. The number of phenolic OH excluding ortho intramolecular Hbond substituents is 1. The molecule has 0 saturated heterocycles. The van der Waals surface area contributed by atoms with Gasteiger partial charge in [-0.05, 0) is 36.8 Å². The Morgan fingerprint density at radius 3 is 2.06 bits per heavy atom. The van der Waals surface area contributed by atoms with Gasteiger partial charge in [0.05, 0.1) is 11.3 Å². The number of hydrogen-bond donors (Lipinski definition) is 3. The lowest BCUT2D eigenvalue weighted by Crippen LogP contribution is -1.97. The highest BCUT2D eigenvalue weighted by Gasteiger charge is 2.12. The number of phenols is 1. The van der Waals surface area contributed by atoms with Gasteiger partial charge in [0.15, 0.2) is 5.78 Å². The van der Waals surface area contributed by atoms with E-state index in [0.29, 0.717) is 11.0 Å². The summed E-state index contributed by atoms with van der Waals surface area (Å²) in [4.78, 5) is 11.2. The van der Waals surface area contributed by atoms with Crippen LogP contribution in [-0.2, 0) is 0 Å². The van der Waals surface area contributed by atoms with E-state index in [1.165, 1.54) is 23.8 Å². The zero-order chi connectivity index (χ0) is 23.0. The number of benzene rings is 3. The minimum absolute atomic E-state index is 0.124. The third kappa shape index (κ3) is 6.79. The molecule has 0 unspecified atom stereocenters. The highest BCUT2D eigenvalue weighted by molar-refractivity contribution is 7.14. The Labute approximate surface area is 186 Å². The number of carbonyl (C=O) groups is 1. The summed E-state index contributed by atoms with van der Waals surface area (Å²) in [6, 6.07) is 19.6. The zero-order valence-corrected chi connectivity index (χ0v) is 19.0. The van der Waals surface area contributed by atoms with E-state index in [-0.39, 0.29) is 22.8 Å². The Morgan fingerprint density at radius 2 is 1.61 bits per heavy atom. The zero-order valence-electron chi connectivity index (χ0n) is 18.2. The Balaban J connectivity index is 0.000000181. The molecule has 0 aliphatic rings. The summed E-state index contributed by atoms with van der Waals surface area (Å²) in [5.41, 5.74) is 12.9. The van der Waals surface area contributed by atoms with E-state index in [9.17, 15) is 9.90 Å². The second kappa shape index (κ2) is 11.1. The van der Waals surface area contributed by atoms with E-state index in [0.717, 1.165) is 15.8 Å². The molecule has 0 aliphatic carbocycles. The molecule has 0 radical (unpaired) electrons. The first-order valence-electron chi connectivity index (χ1n) is 9.82. The van der Waals surface area contributed by atoms with Crippen LogP contribution in [0.1, 0.15) is 47.6 Å². The number of aryl methyl sites for hydroxylation is 1. The average molecular weight is 437 g/mol. The van der Waals surface area contributed by atoms with Gasteiger partial charge in [-0.3, -0.25) is 4.79 Å². The number of nitrogens with zero attached hydrogens (tertiary/aromatic N) is 2. The van der Waals surface area contributed by atoms with Gasteiger partial charge in [0, 0.05) is 5.39 Å². The lowest BCUT2D eigenvalue weighted by molar-refractivity contribution is 0.101. The first kappa shape index (κ1) is 23.8. The molecule has 1 aromatic heterocycles. The SMILES string of the molecule is CC(=O)c1cc2ccccc2c(N)c1O.CC(C)c1ccccc1.Cc1nnc(N)s1. The number of nitrogen functional groups attached to an aromatic ring is 2. The highest BCUT2D eigenvalue weighted by atomic mass is 32.1. The number of nitrogens with two attached hydrogens (primary N) is 2. The molecule has 1 heterocycles. The van der Waals surface area contributed by atoms with Crippen LogP contribution in [-0.4, -0.2) is 21.1 Å². The molecule has 6 nitrogen and oxygen atoms in total. The molecule has 4 rings (SSSR count).